The summed E-state index contributed by atoms with van der Waals surface area (Å²) >= 11 is 0. The van der Waals surface area contributed by atoms with Crippen molar-refractivity contribution in [1.82, 2.24) is 4.98 Å². The van der Waals surface area contributed by atoms with Crippen LogP contribution in [0.15, 0.2) is 6.07 Å². The highest BCUT2D eigenvalue weighted by Crippen LogP contribution is 2.20. The first-order chi connectivity index (χ1) is 9.19. The first kappa shape index (κ1) is 16.0. The molecular weight excluding hydrogens is 236 g/mol. The molecular formula is C16H28N2O. The van der Waals surface area contributed by atoms with Gasteiger partial charge in [0.1, 0.15) is 0 Å². The van der Waals surface area contributed by atoms with Gasteiger partial charge in [-0.1, -0.05) is 39.0 Å². The van der Waals surface area contributed by atoms with Gasteiger partial charge in [-0.15, -0.1) is 0 Å². The normalized spacial score (nSPS) is 10.7. The molecule has 0 amide bonds. The molecule has 0 unspecified atom stereocenters. The standard InChI is InChI=1S/C16H28N2O/c1-4-5-6-7-8-9-10-19-16-15(12-17)13(2)11-14(3)18-16/h11H,4-10,12,17H2,1-3H3. The van der Waals surface area contributed by atoms with Gasteiger partial charge in [0.25, 0.3) is 0 Å². The van der Waals surface area contributed by atoms with Gasteiger partial charge in [-0.05, 0) is 31.9 Å². The molecule has 3 heteroatoms. The molecule has 0 fully saturated rings. The fourth-order valence-electron chi connectivity index (χ4n) is 2.25. The highest BCUT2D eigenvalue weighted by molar-refractivity contribution is 5.35. The topological polar surface area (TPSA) is 48.1 Å². The van der Waals surface area contributed by atoms with Crippen LogP contribution in [0, 0.1) is 13.8 Å². The zero-order valence-electron chi connectivity index (χ0n) is 12.7. The van der Waals surface area contributed by atoms with Crippen LogP contribution in [0.1, 0.15) is 62.3 Å². The molecule has 0 aromatic carbocycles. The third kappa shape index (κ3) is 5.60. The molecule has 0 saturated heterocycles. The van der Waals surface area contributed by atoms with Crippen molar-refractivity contribution in [2.45, 2.75) is 65.8 Å². The summed E-state index contributed by atoms with van der Waals surface area (Å²) in [7, 11) is 0. The van der Waals surface area contributed by atoms with E-state index in [0.29, 0.717) is 6.54 Å². The summed E-state index contributed by atoms with van der Waals surface area (Å²) in [6.07, 6.45) is 7.62. The maximum Gasteiger partial charge on any atom is 0.218 e. The third-order valence-corrected chi connectivity index (χ3v) is 3.38. The van der Waals surface area contributed by atoms with E-state index in [1.54, 1.807) is 0 Å². The van der Waals surface area contributed by atoms with Crippen LogP contribution in [0.5, 0.6) is 5.88 Å². The quantitative estimate of drug-likeness (QED) is 0.688. The number of hydrogen-bond donors (Lipinski definition) is 1. The molecule has 3 nitrogen and oxygen atoms in total. The molecule has 0 saturated carbocycles. The van der Waals surface area contributed by atoms with Crippen LogP contribution in [0.3, 0.4) is 0 Å². The van der Waals surface area contributed by atoms with Crippen molar-refractivity contribution in [2.75, 3.05) is 6.61 Å². The van der Waals surface area contributed by atoms with E-state index in [1.807, 2.05) is 6.92 Å². The summed E-state index contributed by atoms with van der Waals surface area (Å²) in [5.74, 6) is 0.730. The Kier molecular flexibility index (Phi) is 7.49. The Bertz CT molecular complexity index is 377. The molecule has 0 aliphatic carbocycles. The number of hydrogen-bond acceptors (Lipinski definition) is 3. The molecule has 1 aromatic heterocycles. The van der Waals surface area contributed by atoms with Crippen molar-refractivity contribution >= 4 is 0 Å². The fraction of sp³-hybridized carbons (Fsp3) is 0.688. The van der Waals surface area contributed by atoms with E-state index in [2.05, 4.69) is 24.9 Å². The predicted molar refractivity (Wildman–Crippen MR) is 80.5 cm³/mol. The summed E-state index contributed by atoms with van der Waals surface area (Å²) in [6.45, 7) is 7.53. The van der Waals surface area contributed by atoms with Crippen LogP contribution < -0.4 is 10.5 Å². The van der Waals surface area contributed by atoms with Crippen LogP contribution in [0.2, 0.25) is 0 Å². The maximum atomic E-state index is 5.81. The predicted octanol–water partition coefficient (Wildman–Crippen LogP) is 3.90. The second-order valence-corrected chi connectivity index (χ2v) is 5.18. The van der Waals surface area contributed by atoms with E-state index in [1.165, 1.54) is 37.7 Å². The van der Waals surface area contributed by atoms with Gasteiger partial charge in [-0.2, -0.15) is 0 Å². The van der Waals surface area contributed by atoms with E-state index in [0.717, 1.165) is 30.2 Å². The Labute approximate surface area is 117 Å². The smallest absolute Gasteiger partial charge is 0.218 e. The molecule has 19 heavy (non-hydrogen) atoms. The first-order valence-electron chi connectivity index (χ1n) is 7.49. The molecule has 2 N–H and O–H groups in total. The summed E-state index contributed by atoms with van der Waals surface area (Å²) < 4.78 is 5.81. The highest BCUT2D eigenvalue weighted by atomic mass is 16.5. The molecule has 0 spiro atoms. The van der Waals surface area contributed by atoms with Gasteiger partial charge in [0.15, 0.2) is 0 Å². The molecule has 0 aliphatic rings. The van der Waals surface area contributed by atoms with Gasteiger partial charge >= 0.3 is 0 Å². The number of aryl methyl sites for hydroxylation is 2. The number of nitrogens with two attached hydrogens (primary N) is 1. The lowest BCUT2D eigenvalue weighted by Gasteiger charge is -2.12. The Balaban J connectivity index is 2.36. The van der Waals surface area contributed by atoms with Gasteiger partial charge in [0, 0.05) is 17.8 Å². The third-order valence-electron chi connectivity index (χ3n) is 3.38. The van der Waals surface area contributed by atoms with E-state index in [-0.39, 0.29) is 0 Å². The zero-order chi connectivity index (χ0) is 14.1. The lowest BCUT2D eigenvalue weighted by atomic mass is 10.1. The van der Waals surface area contributed by atoms with Crippen molar-refractivity contribution in [1.29, 1.82) is 0 Å². The first-order valence-corrected chi connectivity index (χ1v) is 7.49. The van der Waals surface area contributed by atoms with Crippen molar-refractivity contribution in [2.24, 2.45) is 5.73 Å². The monoisotopic (exact) mass is 264 g/mol. The van der Waals surface area contributed by atoms with Crippen molar-refractivity contribution < 1.29 is 4.74 Å². The van der Waals surface area contributed by atoms with Gasteiger partial charge in [0.2, 0.25) is 5.88 Å². The molecule has 1 rings (SSSR count). The van der Waals surface area contributed by atoms with Crippen LogP contribution in [-0.2, 0) is 6.54 Å². The molecule has 1 heterocycles. The molecule has 0 radical (unpaired) electrons. The fourth-order valence-corrected chi connectivity index (χ4v) is 2.25. The second kappa shape index (κ2) is 8.92. The maximum absolute atomic E-state index is 5.81. The Morgan fingerprint density at radius 3 is 2.47 bits per heavy atom. The SMILES string of the molecule is CCCCCCCCOc1nc(C)cc(C)c1CN. The zero-order valence-corrected chi connectivity index (χ0v) is 12.7. The summed E-state index contributed by atoms with van der Waals surface area (Å²) in [4.78, 5) is 4.45. The van der Waals surface area contributed by atoms with E-state index in [9.17, 15) is 0 Å². The largest absolute Gasteiger partial charge is 0.477 e. The average Bonchev–Trinajstić information content (AvgIpc) is 2.37. The lowest BCUT2D eigenvalue weighted by molar-refractivity contribution is 0.289. The average molecular weight is 264 g/mol. The molecule has 1 aromatic rings. The van der Waals surface area contributed by atoms with Gasteiger partial charge < -0.3 is 10.5 Å². The number of nitrogens with zero attached hydrogens (tertiary/aromatic N) is 1. The number of unbranched alkanes of at least 4 members (excludes halogenated alkanes) is 5. The van der Waals surface area contributed by atoms with Crippen molar-refractivity contribution in [3.05, 3.63) is 22.9 Å². The number of aromatic nitrogens is 1. The number of ether oxygens (including phenoxy) is 1. The van der Waals surface area contributed by atoms with Crippen LogP contribution in [0.25, 0.3) is 0 Å². The van der Waals surface area contributed by atoms with Crippen molar-refractivity contribution in [3.8, 4) is 5.88 Å². The van der Waals surface area contributed by atoms with Crippen molar-refractivity contribution in [3.63, 3.8) is 0 Å². The number of pyridine rings is 1. The summed E-state index contributed by atoms with van der Waals surface area (Å²) in [6, 6.07) is 2.06. The minimum absolute atomic E-state index is 0.491. The Morgan fingerprint density at radius 2 is 1.79 bits per heavy atom. The molecule has 0 aliphatic heterocycles. The van der Waals surface area contributed by atoms with Gasteiger partial charge in [-0.25, -0.2) is 4.98 Å². The van der Waals surface area contributed by atoms with Crippen LogP contribution in [-0.4, -0.2) is 11.6 Å². The summed E-state index contributed by atoms with van der Waals surface area (Å²) in [5.41, 5.74) is 8.97. The minimum atomic E-state index is 0.491. The van der Waals surface area contributed by atoms with E-state index >= 15 is 0 Å². The molecule has 0 bridgehead atoms. The van der Waals surface area contributed by atoms with Crippen LogP contribution >= 0.6 is 0 Å². The molecule has 0 atom stereocenters. The van der Waals surface area contributed by atoms with E-state index < -0.39 is 0 Å². The van der Waals surface area contributed by atoms with E-state index in [4.69, 9.17) is 10.5 Å². The Morgan fingerprint density at radius 1 is 1.11 bits per heavy atom. The van der Waals surface area contributed by atoms with Gasteiger partial charge in [0.05, 0.1) is 6.61 Å². The summed E-state index contributed by atoms with van der Waals surface area (Å²) in [5, 5.41) is 0. The second-order valence-electron chi connectivity index (χ2n) is 5.18. The minimum Gasteiger partial charge on any atom is -0.477 e. The van der Waals surface area contributed by atoms with Gasteiger partial charge in [-0.3, -0.25) is 0 Å². The number of rotatable bonds is 9. The van der Waals surface area contributed by atoms with Crippen LogP contribution in [0.4, 0.5) is 0 Å². The highest BCUT2D eigenvalue weighted by Gasteiger charge is 2.08. The molecule has 108 valence electrons. The lowest BCUT2D eigenvalue weighted by Crippen LogP contribution is -2.08. The Hall–Kier alpha value is -1.09.